The zero-order valence-electron chi connectivity index (χ0n) is 38.3. The standard InChI is InChI=1S/C47H76O16/c1-22-30(50)33(53)35(55)38(59-22)62-37-34(54)32(52)26(20-48)60-40(37)63-36-31(51)25(49)21-58-39(36)61-29-12-13-44(6)27(43(29,4)5)11-14-46(8)28(44)10-9-23-24-19-42(2,3)15-17-47(24,41(56)57)18-16-45(23,46)7/h9,22,24-40,48-55H,10-21H2,1-8H3,(H,56,57)/t22?,24?,25?,26?,27?,28?,29?,30?,31?,32?,33?,34?,35?,36?,37?,38?,39?,40?,44-,45+,46+,47-/m0/s1. The SMILES string of the molecule is CC1OC(OC2C(OC3C(OC4CC[C@@]5(C)C(CC[C@]6(C)C5CC=C5C7CC(C)(C)CC[C@]7(C(=O)O)CC[C@]56C)C4(C)C)OCC(O)C3O)OC(CO)C(O)C2O)C(O)C(O)C1O. The number of aliphatic carboxylic acids is 1. The minimum absolute atomic E-state index is 0.0300. The number of carboxylic acids is 1. The summed E-state index contributed by atoms with van der Waals surface area (Å²) in [4.78, 5) is 13.1. The van der Waals surface area contributed by atoms with Gasteiger partial charge in [-0.2, -0.15) is 0 Å². The number of ether oxygens (including phenoxy) is 6. The molecule has 16 nitrogen and oxygen atoms in total. The van der Waals surface area contributed by atoms with Gasteiger partial charge in [-0.1, -0.05) is 60.1 Å². The molecule has 9 N–H and O–H groups in total. The van der Waals surface area contributed by atoms with Gasteiger partial charge in [0.1, 0.15) is 61.0 Å². The molecule has 0 aromatic carbocycles. The second-order valence-electron chi connectivity index (χ2n) is 23.0. The van der Waals surface area contributed by atoms with E-state index >= 15 is 0 Å². The van der Waals surface area contributed by atoms with Gasteiger partial charge < -0.3 is 74.4 Å². The predicted molar refractivity (Wildman–Crippen MR) is 223 cm³/mol. The Bertz CT molecular complexity index is 1720. The van der Waals surface area contributed by atoms with Gasteiger partial charge in [-0.3, -0.25) is 4.79 Å². The van der Waals surface area contributed by atoms with E-state index in [0.717, 1.165) is 51.4 Å². The summed E-state index contributed by atoms with van der Waals surface area (Å²) >= 11 is 0. The Balaban J connectivity index is 1.03. The van der Waals surface area contributed by atoms with Gasteiger partial charge in [0, 0.05) is 0 Å². The first-order chi connectivity index (χ1) is 29.4. The Hall–Kier alpha value is -1.35. The average Bonchev–Trinajstić information content (AvgIpc) is 3.21. The monoisotopic (exact) mass is 897 g/mol. The third-order valence-corrected chi connectivity index (χ3v) is 18.9. The van der Waals surface area contributed by atoms with Crippen molar-refractivity contribution < 1.29 is 79.2 Å². The number of aliphatic hydroxyl groups excluding tert-OH is 8. The molecule has 22 atom stereocenters. The van der Waals surface area contributed by atoms with Crippen LogP contribution in [0.1, 0.15) is 120 Å². The molecule has 16 heteroatoms. The molecule has 0 aromatic rings. The fourth-order valence-electron chi connectivity index (χ4n) is 14.8. The van der Waals surface area contributed by atoms with Crippen LogP contribution < -0.4 is 0 Å². The fourth-order valence-corrected chi connectivity index (χ4v) is 14.8. The van der Waals surface area contributed by atoms with Gasteiger partial charge in [0.2, 0.25) is 0 Å². The quantitative estimate of drug-likeness (QED) is 0.125. The van der Waals surface area contributed by atoms with Crippen molar-refractivity contribution in [3.05, 3.63) is 11.6 Å². The highest BCUT2D eigenvalue weighted by atomic mass is 16.8. The van der Waals surface area contributed by atoms with E-state index in [9.17, 15) is 50.8 Å². The summed E-state index contributed by atoms with van der Waals surface area (Å²) in [6, 6.07) is 0. The van der Waals surface area contributed by atoms with Crippen molar-refractivity contribution >= 4 is 5.97 Å². The van der Waals surface area contributed by atoms with Crippen LogP contribution in [0, 0.1) is 50.2 Å². The van der Waals surface area contributed by atoms with Crippen LogP contribution in [0.25, 0.3) is 0 Å². The highest BCUT2D eigenvalue weighted by molar-refractivity contribution is 5.76. The topological polar surface area (TPSA) is 255 Å². The molecule has 0 bridgehead atoms. The molecule has 3 saturated heterocycles. The van der Waals surface area contributed by atoms with Crippen LogP contribution in [0.4, 0.5) is 0 Å². The molecule has 0 spiro atoms. The van der Waals surface area contributed by atoms with Gasteiger partial charge in [0.15, 0.2) is 18.9 Å². The maximum Gasteiger partial charge on any atom is 0.310 e. The van der Waals surface area contributed by atoms with Gasteiger partial charge in [-0.05, 0) is 116 Å². The summed E-state index contributed by atoms with van der Waals surface area (Å²) in [7, 11) is 0. The molecule has 360 valence electrons. The molecule has 4 saturated carbocycles. The Morgan fingerprint density at radius 3 is 2.06 bits per heavy atom. The van der Waals surface area contributed by atoms with Gasteiger partial charge in [-0.15, -0.1) is 0 Å². The second kappa shape index (κ2) is 16.7. The molecular weight excluding hydrogens is 821 g/mol. The number of allylic oxidation sites excluding steroid dienone is 2. The number of hydrogen-bond donors (Lipinski definition) is 9. The van der Waals surface area contributed by atoms with Crippen molar-refractivity contribution in [3.8, 4) is 0 Å². The van der Waals surface area contributed by atoms with Crippen LogP contribution in [0.5, 0.6) is 0 Å². The highest BCUT2D eigenvalue weighted by Crippen LogP contribution is 2.76. The number of hydrogen-bond acceptors (Lipinski definition) is 15. The van der Waals surface area contributed by atoms with E-state index in [4.69, 9.17) is 28.4 Å². The summed E-state index contributed by atoms with van der Waals surface area (Å²) < 4.78 is 36.7. The molecular formula is C47H76O16. The average molecular weight is 897 g/mol. The molecule has 63 heavy (non-hydrogen) atoms. The lowest BCUT2D eigenvalue weighted by atomic mass is 9.33. The number of carboxylic acid groups (broad SMARTS) is 1. The summed E-state index contributed by atoms with van der Waals surface area (Å²) in [5.74, 6) is -0.0241. The van der Waals surface area contributed by atoms with Crippen LogP contribution >= 0.6 is 0 Å². The smallest absolute Gasteiger partial charge is 0.310 e. The van der Waals surface area contributed by atoms with Gasteiger partial charge in [0.05, 0.1) is 30.8 Å². The number of fused-ring (bicyclic) bond motifs is 7. The van der Waals surface area contributed by atoms with E-state index in [2.05, 4.69) is 54.5 Å². The van der Waals surface area contributed by atoms with Gasteiger partial charge in [-0.25, -0.2) is 0 Å². The van der Waals surface area contributed by atoms with Crippen LogP contribution in [0.2, 0.25) is 0 Å². The van der Waals surface area contributed by atoms with E-state index in [1.807, 2.05) is 0 Å². The summed E-state index contributed by atoms with van der Waals surface area (Å²) in [6.07, 6.45) is -10.7. The Kier molecular flexibility index (Phi) is 12.8. The largest absolute Gasteiger partial charge is 0.481 e. The number of aliphatic hydroxyl groups is 8. The van der Waals surface area contributed by atoms with Gasteiger partial charge in [0.25, 0.3) is 0 Å². The first kappa shape index (κ1) is 48.1. The van der Waals surface area contributed by atoms with Crippen LogP contribution in [0.15, 0.2) is 11.6 Å². The second-order valence-corrected chi connectivity index (χ2v) is 23.0. The zero-order valence-corrected chi connectivity index (χ0v) is 38.3. The third-order valence-electron chi connectivity index (χ3n) is 18.9. The minimum Gasteiger partial charge on any atom is -0.481 e. The Morgan fingerprint density at radius 1 is 0.714 bits per heavy atom. The van der Waals surface area contributed by atoms with Gasteiger partial charge >= 0.3 is 5.97 Å². The molecule has 0 radical (unpaired) electrons. The molecule has 7 fully saturated rings. The lowest BCUT2D eigenvalue weighted by Gasteiger charge is -2.71. The van der Waals surface area contributed by atoms with Crippen molar-refractivity contribution in [2.45, 2.75) is 212 Å². The number of carbonyl (C=O) groups is 1. The van der Waals surface area contributed by atoms with Crippen LogP contribution in [0.3, 0.4) is 0 Å². The van der Waals surface area contributed by atoms with Crippen molar-refractivity contribution in [2.24, 2.45) is 50.2 Å². The maximum absolute atomic E-state index is 13.1. The Labute approximate surface area is 371 Å². The molecule has 8 rings (SSSR count). The van der Waals surface area contributed by atoms with Crippen molar-refractivity contribution in [2.75, 3.05) is 13.2 Å². The normalized spacial score (nSPS) is 54.1. The summed E-state index contributed by atoms with van der Waals surface area (Å²) in [6.45, 7) is 16.9. The fraction of sp³-hybridized carbons (Fsp3) is 0.936. The maximum atomic E-state index is 13.1. The lowest BCUT2D eigenvalue weighted by Crippen LogP contribution is -2.67. The highest BCUT2D eigenvalue weighted by Gasteiger charge is 2.70. The molecule has 0 amide bonds. The third kappa shape index (κ3) is 7.51. The van der Waals surface area contributed by atoms with E-state index < -0.39 is 109 Å². The molecule has 0 aromatic heterocycles. The first-order valence-electron chi connectivity index (χ1n) is 23.6. The van der Waals surface area contributed by atoms with E-state index in [-0.39, 0.29) is 46.2 Å². The summed E-state index contributed by atoms with van der Waals surface area (Å²) in [5, 5.41) is 96.7. The van der Waals surface area contributed by atoms with E-state index in [1.54, 1.807) is 0 Å². The van der Waals surface area contributed by atoms with Crippen molar-refractivity contribution in [3.63, 3.8) is 0 Å². The first-order valence-corrected chi connectivity index (χ1v) is 23.6. The number of rotatable bonds is 8. The Morgan fingerprint density at radius 2 is 1.38 bits per heavy atom. The molecule has 3 aliphatic heterocycles. The minimum atomic E-state index is -1.79. The summed E-state index contributed by atoms with van der Waals surface area (Å²) in [5.41, 5.74) is 0.124. The van der Waals surface area contributed by atoms with E-state index in [0.29, 0.717) is 18.8 Å². The molecule has 3 heterocycles. The molecule has 5 aliphatic carbocycles. The zero-order chi connectivity index (χ0) is 46.0. The molecule has 8 aliphatic rings. The van der Waals surface area contributed by atoms with Crippen molar-refractivity contribution in [1.29, 1.82) is 0 Å². The van der Waals surface area contributed by atoms with E-state index in [1.165, 1.54) is 12.5 Å². The molecule has 18 unspecified atom stereocenters. The lowest BCUT2D eigenvalue weighted by molar-refractivity contribution is -0.392. The van der Waals surface area contributed by atoms with Crippen molar-refractivity contribution in [1.82, 2.24) is 0 Å². The van der Waals surface area contributed by atoms with Crippen LogP contribution in [-0.2, 0) is 33.2 Å². The predicted octanol–water partition coefficient (Wildman–Crippen LogP) is 2.37. The van der Waals surface area contributed by atoms with Crippen LogP contribution in [-0.4, -0.2) is 157 Å².